The standard InChI is InChI=1S/C4H6Br2N6/c5-12(6)4-10-2(8)1(7)3(9)11-4/h7H2,(H4,8,9,10,11). The van der Waals surface area contributed by atoms with E-state index in [9.17, 15) is 0 Å². The van der Waals surface area contributed by atoms with Crippen molar-refractivity contribution < 1.29 is 0 Å². The van der Waals surface area contributed by atoms with Gasteiger partial charge in [0.15, 0.2) is 11.6 Å². The number of nitrogen functional groups attached to an aromatic ring is 3. The fraction of sp³-hybridized carbons (Fsp3) is 0. The average Bonchev–Trinajstić information content (AvgIpc) is 1.99. The molecule has 6 N–H and O–H groups in total. The molecule has 0 aliphatic heterocycles. The van der Waals surface area contributed by atoms with Crippen LogP contribution in [0.25, 0.3) is 0 Å². The predicted molar refractivity (Wildman–Crippen MR) is 55.6 cm³/mol. The lowest BCUT2D eigenvalue weighted by Crippen LogP contribution is -2.08. The van der Waals surface area contributed by atoms with E-state index in [0.717, 1.165) is 0 Å². The average molecular weight is 298 g/mol. The fourth-order valence-corrected chi connectivity index (χ4v) is 0.885. The van der Waals surface area contributed by atoms with E-state index in [1.165, 1.54) is 2.95 Å². The zero-order chi connectivity index (χ0) is 9.30. The number of anilines is 4. The molecular weight excluding hydrogens is 292 g/mol. The Morgan fingerprint density at radius 3 is 1.75 bits per heavy atom. The second kappa shape index (κ2) is 3.31. The van der Waals surface area contributed by atoms with Crippen molar-refractivity contribution in [3.8, 4) is 0 Å². The Morgan fingerprint density at radius 1 is 1.00 bits per heavy atom. The number of hydrogen-bond donors (Lipinski definition) is 3. The van der Waals surface area contributed by atoms with Crippen molar-refractivity contribution in [2.75, 3.05) is 20.2 Å². The van der Waals surface area contributed by atoms with Crippen molar-refractivity contribution in [3.05, 3.63) is 0 Å². The van der Waals surface area contributed by atoms with Crippen LogP contribution in [0.4, 0.5) is 23.3 Å². The number of nitrogens with two attached hydrogens (primary N) is 3. The molecular formula is C4H6Br2N6. The molecule has 0 fully saturated rings. The minimum absolute atomic E-state index is 0.154. The minimum atomic E-state index is 0.154. The highest BCUT2D eigenvalue weighted by atomic mass is 79.9. The molecule has 1 rings (SSSR count). The highest BCUT2D eigenvalue weighted by molar-refractivity contribution is 9.25. The molecule has 0 amide bonds. The van der Waals surface area contributed by atoms with E-state index < -0.39 is 0 Å². The van der Waals surface area contributed by atoms with Gasteiger partial charge in [-0.3, -0.25) is 0 Å². The summed E-state index contributed by atoms with van der Waals surface area (Å²) in [6.45, 7) is 0. The van der Waals surface area contributed by atoms with Crippen molar-refractivity contribution >= 4 is 55.6 Å². The van der Waals surface area contributed by atoms with Crippen molar-refractivity contribution in [2.24, 2.45) is 0 Å². The molecule has 1 aromatic heterocycles. The zero-order valence-corrected chi connectivity index (χ0v) is 9.00. The summed E-state index contributed by atoms with van der Waals surface area (Å²) in [7, 11) is 0. The molecule has 66 valence electrons. The van der Waals surface area contributed by atoms with Crippen LogP contribution in [0.15, 0.2) is 0 Å². The van der Waals surface area contributed by atoms with Gasteiger partial charge in [0.1, 0.15) is 5.69 Å². The lowest BCUT2D eigenvalue weighted by molar-refractivity contribution is 1.19. The van der Waals surface area contributed by atoms with Crippen molar-refractivity contribution in [3.63, 3.8) is 0 Å². The molecule has 8 heteroatoms. The van der Waals surface area contributed by atoms with Crippen LogP contribution in [0.2, 0.25) is 0 Å². The summed E-state index contributed by atoms with van der Waals surface area (Å²) in [5.74, 6) is 0.599. The van der Waals surface area contributed by atoms with Gasteiger partial charge in [-0.25, -0.2) is 2.95 Å². The summed E-state index contributed by atoms with van der Waals surface area (Å²) in [5, 5.41) is 0. The van der Waals surface area contributed by atoms with E-state index in [2.05, 4.69) is 42.3 Å². The lowest BCUT2D eigenvalue weighted by Gasteiger charge is -2.08. The molecule has 1 aromatic rings. The maximum atomic E-state index is 5.43. The van der Waals surface area contributed by atoms with Gasteiger partial charge in [0.25, 0.3) is 0 Å². The Morgan fingerprint density at radius 2 is 1.42 bits per heavy atom. The van der Waals surface area contributed by atoms with Gasteiger partial charge in [0, 0.05) is 0 Å². The third-order valence-corrected chi connectivity index (χ3v) is 1.78. The molecule has 6 nitrogen and oxygen atoms in total. The first-order valence-electron chi connectivity index (χ1n) is 2.82. The van der Waals surface area contributed by atoms with Gasteiger partial charge in [0.2, 0.25) is 5.95 Å². The summed E-state index contributed by atoms with van der Waals surface area (Å²) in [5.41, 5.74) is 16.5. The highest BCUT2D eigenvalue weighted by Gasteiger charge is 2.09. The highest BCUT2D eigenvalue weighted by Crippen LogP contribution is 2.24. The molecule has 0 saturated carbocycles. The van der Waals surface area contributed by atoms with E-state index in [4.69, 9.17) is 17.2 Å². The second-order valence-electron chi connectivity index (χ2n) is 1.94. The molecule has 0 aliphatic rings. The predicted octanol–water partition coefficient (Wildman–Crippen LogP) is 0.649. The summed E-state index contributed by atoms with van der Waals surface area (Å²) in [6.07, 6.45) is 0. The van der Waals surface area contributed by atoms with Gasteiger partial charge in [-0.2, -0.15) is 9.97 Å². The van der Waals surface area contributed by atoms with E-state index in [-0.39, 0.29) is 17.3 Å². The van der Waals surface area contributed by atoms with Crippen LogP contribution >= 0.6 is 32.3 Å². The Hall–Kier alpha value is -0.760. The second-order valence-corrected chi connectivity index (χ2v) is 4.31. The van der Waals surface area contributed by atoms with Gasteiger partial charge in [-0.05, 0) is 0 Å². The van der Waals surface area contributed by atoms with Crippen LogP contribution in [0.1, 0.15) is 0 Å². The van der Waals surface area contributed by atoms with Crippen LogP contribution in [-0.4, -0.2) is 9.97 Å². The molecule has 0 bridgehead atoms. The van der Waals surface area contributed by atoms with Gasteiger partial charge in [-0.15, -0.1) is 0 Å². The first-order chi connectivity index (χ1) is 5.52. The number of aromatic nitrogens is 2. The first kappa shape index (κ1) is 9.33. The van der Waals surface area contributed by atoms with E-state index in [0.29, 0.717) is 5.95 Å². The Balaban J connectivity index is 3.21. The molecule has 0 spiro atoms. The lowest BCUT2D eigenvalue weighted by atomic mass is 10.4. The monoisotopic (exact) mass is 296 g/mol. The first-order valence-corrected chi connectivity index (χ1v) is 4.24. The SMILES string of the molecule is Nc1nc(N(Br)Br)nc(N)c1N. The van der Waals surface area contributed by atoms with Crippen molar-refractivity contribution in [2.45, 2.75) is 0 Å². The van der Waals surface area contributed by atoms with E-state index in [1.807, 2.05) is 0 Å². The molecule has 12 heavy (non-hydrogen) atoms. The van der Waals surface area contributed by atoms with Crippen LogP contribution in [0.5, 0.6) is 0 Å². The third kappa shape index (κ3) is 1.69. The van der Waals surface area contributed by atoms with Gasteiger partial charge in [-0.1, -0.05) is 0 Å². The zero-order valence-electron chi connectivity index (χ0n) is 5.83. The van der Waals surface area contributed by atoms with Crippen LogP contribution in [0.3, 0.4) is 0 Å². The normalized spacial score (nSPS) is 9.83. The van der Waals surface area contributed by atoms with Crippen LogP contribution < -0.4 is 20.2 Å². The molecule has 0 radical (unpaired) electrons. The van der Waals surface area contributed by atoms with E-state index >= 15 is 0 Å². The Kier molecular flexibility index (Phi) is 2.58. The largest absolute Gasteiger partial charge is 0.393 e. The Labute approximate surface area is 85.8 Å². The molecule has 1 heterocycles. The summed E-state index contributed by atoms with van der Waals surface area (Å²) in [4.78, 5) is 7.65. The maximum Gasteiger partial charge on any atom is 0.250 e. The van der Waals surface area contributed by atoms with Crippen molar-refractivity contribution in [1.82, 2.24) is 9.97 Å². The topological polar surface area (TPSA) is 107 Å². The summed E-state index contributed by atoms with van der Waals surface area (Å²) >= 11 is 6.10. The summed E-state index contributed by atoms with van der Waals surface area (Å²) < 4.78 is 1.33. The van der Waals surface area contributed by atoms with Gasteiger partial charge >= 0.3 is 0 Å². The number of rotatable bonds is 1. The van der Waals surface area contributed by atoms with Crippen LogP contribution in [-0.2, 0) is 0 Å². The molecule has 0 unspecified atom stereocenters. The molecule has 0 aromatic carbocycles. The number of hydrogen-bond acceptors (Lipinski definition) is 6. The Bertz CT molecular complexity index is 277. The number of nitrogens with zero attached hydrogens (tertiary/aromatic N) is 3. The third-order valence-electron chi connectivity index (χ3n) is 1.14. The van der Waals surface area contributed by atoms with Crippen molar-refractivity contribution in [1.29, 1.82) is 0 Å². The fourth-order valence-electron chi connectivity index (χ4n) is 0.568. The smallest absolute Gasteiger partial charge is 0.250 e. The quantitative estimate of drug-likeness (QED) is 0.657. The minimum Gasteiger partial charge on any atom is -0.393 e. The summed E-state index contributed by atoms with van der Waals surface area (Å²) in [6, 6.07) is 0. The number of halogens is 2. The molecule has 0 aliphatic carbocycles. The van der Waals surface area contributed by atoms with E-state index in [1.54, 1.807) is 0 Å². The van der Waals surface area contributed by atoms with Gasteiger partial charge in [0.05, 0.1) is 32.3 Å². The van der Waals surface area contributed by atoms with Crippen LogP contribution in [0, 0.1) is 0 Å². The molecule has 0 atom stereocenters. The van der Waals surface area contributed by atoms with Gasteiger partial charge < -0.3 is 17.2 Å². The molecule has 0 saturated heterocycles. The maximum absolute atomic E-state index is 5.43.